The van der Waals surface area contributed by atoms with Crippen LogP contribution in [0.15, 0.2) is 41.0 Å². The summed E-state index contributed by atoms with van der Waals surface area (Å²) in [4.78, 5) is 28.3. The molecular formula is C29H34N2O4. The molecule has 3 aromatic rings. The fourth-order valence-corrected chi connectivity index (χ4v) is 4.86. The van der Waals surface area contributed by atoms with Crippen LogP contribution >= 0.6 is 0 Å². The average Bonchev–Trinajstić information content (AvgIpc) is 3.24. The Balaban J connectivity index is 1.74. The summed E-state index contributed by atoms with van der Waals surface area (Å²) in [6, 6.07) is 8.50. The van der Waals surface area contributed by atoms with Crippen LogP contribution < -0.4 is 4.74 Å². The number of allylic oxidation sites excluding steroid dienone is 1. The van der Waals surface area contributed by atoms with Gasteiger partial charge in [0.15, 0.2) is 0 Å². The molecule has 184 valence electrons. The van der Waals surface area contributed by atoms with Gasteiger partial charge in [0.25, 0.3) is 0 Å². The number of piperazine rings is 1. The summed E-state index contributed by atoms with van der Waals surface area (Å²) < 4.78 is 12.1. The number of ether oxygens (including phenoxy) is 1. The Morgan fingerprint density at radius 3 is 2.31 bits per heavy atom. The lowest BCUT2D eigenvalue weighted by molar-refractivity contribution is -0.135. The zero-order chi connectivity index (χ0) is 25.3. The van der Waals surface area contributed by atoms with Crippen LogP contribution in [0.3, 0.4) is 0 Å². The fourth-order valence-electron chi connectivity index (χ4n) is 4.86. The van der Waals surface area contributed by atoms with E-state index >= 15 is 0 Å². The predicted octanol–water partition coefficient (Wildman–Crippen LogP) is 5.52. The Labute approximate surface area is 207 Å². The van der Waals surface area contributed by atoms with E-state index in [4.69, 9.17) is 9.15 Å². The second kappa shape index (κ2) is 9.98. The minimum absolute atomic E-state index is 0.0484. The van der Waals surface area contributed by atoms with Crippen molar-refractivity contribution in [1.82, 2.24) is 9.80 Å². The van der Waals surface area contributed by atoms with Crippen molar-refractivity contribution in [3.63, 3.8) is 0 Å². The summed E-state index contributed by atoms with van der Waals surface area (Å²) in [6.45, 7) is 14.4. The van der Waals surface area contributed by atoms with E-state index in [9.17, 15) is 9.59 Å². The number of benzene rings is 2. The van der Waals surface area contributed by atoms with Crippen LogP contribution in [-0.2, 0) is 9.59 Å². The van der Waals surface area contributed by atoms with E-state index in [1.807, 2.05) is 27.0 Å². The first-order chi connectivity index (χ1) is 16.7. The molecule has 0 N–H and O–H groups in total. The molecule has 1 aliphatic rings. The second-order valence-electron chi connectivity index (χ2n) is 9.31. The number of carbonyl (C=O) groups excluding carboxylic acids is 2. The number of furan rings is 1. The van der Waals surface area contributed by atoms with Crippen LogP contribution in [0.25, 0.3) is 27.7 Å². The molecule has 4 rings (SSSR count). The monoisotopic (exact) mass is 474 g/mol. The van der Waals surface area contributed by atoms with E-state index in [0.29, 0.717) is 32.8 Å². The minimum atomic E-state index is -0.0484. The molecule has 35 heavy (non-hydrogen) atoms. The number of rotatable bonds is 5. The summed E-state index contributed by atoms with van der Waals surface area (Å²) in [7, 11) is 0. The van der Waals surface area contributed by atoms with Gasteiger partial charge in [0.05, 0.1) is 12.9 Å². The number of aryl methyl sites for hydroxylation is 3. The van der Waals surface area contributed by atoms with Gasteiger partial charge in [0.2, 0.25) is 11.8 Å². The van der Waals surface area contributed by atoms with Gasteiger partial charge in [-0.2, -0.15) is 0 Å². The Morgan fingerprint density at radius 1 is 1.00 bits per heavy atom. The number of nitrogens with zero attached hydrogens (tertiary/aromatic N) is 2. The highest BCUT2D eigenvalue weighted by molar-refractivity contribution is 6.02. The van der Waals surface area contributed by atoms with Gasteiger partial charge in [0.1, 0.15) is 11.3 Å². The lowest BCUT2D eigenvalue weighted by atomic mass is 9.94. The van der Waals surface area contributed by atoms with Crippen molar-refractivity contribution in [3.05, 3.63) is 58.9 Å². The topological polar surface area (TPSA) is 63.0 Å². The molecule has 0 bridgehead atoms. The summed E-state index contributed by atoms with van der Waals surface area (Å²) in [5, 5.41) is 1.00. The van der Waals surface area contributed by atoms with Crippen molar-refractivity contribution in [2.24, 2.45) is 0 Å². The molecule has 0 spiro atoms. The highest BCUT2D eigenvalue weighted by Gasteiger charge is 2.23. The molecule has 0 unspecified atom stereocenters. The molecule has 1 fully saturated rings. The Kier molecular flexibility index (Phi) is 7.01. The smallest absolute Gasteiger partial charge is 0.246 e. The average molecular weight is 475 g/mol. The first-order valence-corrected chi connectivity index (χ1v) is 12.2. The van der Waals surface area contributed by atoms with E-state index in [1.54, 1.807) is 22.8 Å². The first kappa shape index (κ1) is 24.6. The van der Waals surface area contributed by atoms with E-state index < -0.39 is 0 Å². The third-order valence-electron chi connectivity index (χ3n) is 6.81. The number of amides is 2. The molecule has 1 aromatic heterocycles. The van der Waals surface area contributed by atoms with E-state index in [1.165, 1.54) is 11.1 Å². The van der Waals surface area contributed by atoms with Crippen LogP contribution in [0.2, 0.25) is 0 Å². The number of fused-ring (bicyclic) bond motifs is 1. The highest BCUT2D eigenvalue weighted by Crippen LogP contribution is 2.41. The highest BCUT2D eigenvalue weighted by atomic mass is 16.5. The minimum Gasteiger partial charge on any atom is -0.493 e. The second-order valence-corrected chi connectivity index (χ2v) is 9.31. The van der Waals surface area contributed by atoms with Gasteiger partial charge in [-0.1, -0.05) is 23.8 Å². The van der Waals surface area contributed by atoms with Crippen LogP contribution in [0.5, 0.6) is 5.75 Å². The van der Waals surface area contributed by atoms with Gasteiger partial charge in [-0.3, -0.25) is 9.59 Å². The molecule has 2 amide bonds. The number of carbonyl (C=O) groups is 2. The Bertz CT molecular complexity index is 1310. The van der Waals surface area contributed by atoms with E-state index in [2.05, 4.69) is 38.1 Å². The molecule has 2 aromatic carbocycles. The summed E-state index contributed by atoms with van der Waals surface area (Å²) in [6.07, 6.45) is 3.50. The van der Waals surface area contributed by atoms with Gasteiger partial charge in [-0.25, -0.2) is 0 Å². The van der Waals surface area contributed by atoms with Crippen LogP contribution in [-0.4, -0.2) is 54.4 Å². The van der Waals surface area contributed by atoms with Crippen LogP contribution in [0.1, 0.15) is 43.0 Å². The Hall–Kier alpha value is -3.54. The van der Waals surface area contributed by atoms with Crippen LogP contribution in [0.4, 0.5) is 0 Å². The molecule has 1 aliphatic heterocycles. The maximum absolute atomic E-state index is 13.1. The van der Waals surface area contributed by atoms with Crippen molar-refractivity contribution >= 4 is 28.4 Å². The summed E-state index contributed by atoms with van der Waals surface area (Å²) in [5.41, 5.74) is 8.01. The molecule has 0 radical (unpaired) electrons. The molecule has 1 saturated heterocycles. The van der Waals surface area contributed by atoms with Gasteiger partial charge in [-0.05, 0) is 57.4 Å². The van der Waals surface area contributed by atoms with E-state index in [0.717, 1.165) is 44.5 Å². The van der Waals surface area contributed by atoms with Gasteiger partial charge >= 0.3 is 0 Å². The van der Waals surface area contributed by atoms with Crippen molar-refractivity contribution < 1.29 is 18.7 Å². The zero-order valence-corrected chi connectivity index (χ0v) is 21.5. The van der Waals surface area contributed by atoms with Crippen molar-refractivity contribution in [2.45, 2.75) is 41.5 Å². The fraction of sp³-hybridized carbons (Fsp3) is 0.379. The normalized spacial score (nSPS) is 14.5. The number of hydrogen-bond acceptors (Lipinski definition) is 4. The zero-order valence-electron chi connectivity index (χ0n) is 21.5. The lowest BCUT2D eigenvalue weighted by Crippen LogP contribution is -2.49. The standard InChI is InChI=1S/C29H34N2O4/c1-7-34-28-21(5)29-25(26(17-35-29)23-9-8-18(2)14-19(23)3)16-24(28)20(4)15-27(33)31-12-10-30(11-13-31)22(6)32/h8-9,14-17H,7,10-13H2,1-6H3/b20-15+. The summed E-state index contributed by atoms with van der Waals surface area (Å²) >= 11 is 0. The number of hydrogen-bond donors (Lipinski definition) is 0. The molecule has 6 nitrogen and oxygen atoms in total. The molecular weight excluding hydrogens is 440 g/mol. The molecule has 6 heteroatoms. The Morgan fingerprint density at radius 2 is 1.69 bits per heavy atom. The quantitative estimate of drug-likeness (QED) is 0.457. The maximum Gasteiger partial charge on any atom is 0.246 e. The molecule has 2 heterocycles. The SMILES string of the molecule is CCOc1c(/C(C)=C/C(=O)N2CCN(C(C)=O)CC2)cc2c(-c3ccc(C)cc3C)coc2c1C. The van der Waals surface area contributed by atoms with Gasteiger partial charge in [-0.15, -0.1) is 0 Å². The lowest BCUT2D eigenvalue weighted by Gasteiger charge is -2.33. The third-order valence-corrected chi connectivity index (χ3v) is 6.81. The van der Waals surface area contributed by atoms with Crippen molar-refractivity contribution in [2.75, 3.05) is 32.8 Å². The first-order valence-electron chi connectivity index (χ1n) is 12.2. The van der Waals surface area contributed by atoms with Crippen molar-refractivity contribution in [3.8, 4) is 16.9 Å². The van der Waals surface area contributed by atoms with Crippen molar-refractivity contribution in [1.29, 1.82) is 0 Å². The van der Waals surface area contributed by atoms with E-state index in [-0.39, 0.29) is 11.8 Å². The predicted molar refractivity (Wildman–Crippen MR) is 140 cm³/mol. The molecule has 0 saturated carbocycles. The van der Waals surface area contributed by atoms with Crippen LogP contribution in [0, 0.1) is 20.8 Å². The third kappa shape index (κ3) is 4.83. The maximum atomic E-state index is 13.1. The molecule has 0 aliphatic carbocycles. The van der Waals surface area contributed by atoms with Gasteiger partial charge in [0, 0.05) is 61.3 Å². The summed E-state index contributed by atoms with van der Waals surface area (Å²) in [5.74, 6) is 0.742. The largest absolute Gasteiger partial charge is 0.493 e. The van der Waals surface area contributed by atoms with Gasteiger partial charge < -0.3 is 19.0 Å². The molecule has 0 atom stereocenters.